The molecule has 0 saturated heterocycles. The lowest BCUT2D eigenvalue weighted by Gasteiger charge is -1.97. The smallest absolute Gasteiger partial charge is 0.279 e. The van der Waals surface area contributed by atoms with E-state index in [2.05, 4.69) is 19.9 Å². The van der Waals surface area contributed by atoms with Gasteiger partial charge in [0.25, 0.3) is 11.1 Å². The lowest BCUT2D eigenvalue weighted by Crippen LogP contribution is -2.20. The molecule has 0 atom stereocenters. The summed E-state index contributed by atoms with van der Waals surface area (Å²) in [6.45, 7) is 1.58. The first-order valence-corrected chi connectivity index (χ1v) is 3.84. The molecule has 4 N–H and O–H groups in total. The number of H-pyrrole nitrogens is 2. The maximum atomic E-state index is 11.3. The molecule has 0 aliphatic carbocycles. The normalized spacial score (nSPS) is 10.6. The first-order valence-electron chi connectivity index (χ1n) is 3.84. The molecule has 0 radical (unpaired) electrons. The SMILES string of the molecule is Cc1nc2c(=O)[nH]c(N)nc2c(=O)[nH]1. The highest BCUT2D eigenvalue weighted by Gasteiger charge is 2.07. The van der Waals surface area contributed by atoms with Gasteiger partial charge in [0, 0.05) is 0 Å². The van der Waals surface area contributed by atoms with Crippen LogP contribution >= 0.6 is 0 Å². The number of fused-ring (bicyclic) bond motifs is 1. The number of rotatable bonds is 0. The predicted octanol–water partition coefficient (Wildman–Crippen LogP) is -1.10. The van der Waals surface area contributed by atoms with Crippen molar-refractivity contribution in [1.82, 2.24) is 19.9 Å². The molecular weight excluding hydrogens is 186 g/mol. The highest BCUT2D eigenvalue weighted by molar-refractivity contribution is 5.72. The van der Waals surface area contributed by atoms with E-state index in [1.165, 1.54) is 0 Å². The topological polar surface area (TPSA) is 118 Å². The number of hydrogen-bond donors (Lipinski definition) is 3. The first-order chi connectivity index (χ1) is 6.58. The van der Waals surface area contributed by atoms with Crippen molar-refractivity contribution in [3.63, 3.8) is 0 Å². The van der Waals surface area contributed by atoms with Gasteiger partial charge in [0.15, 0.2) is 11.0 Å². The third kappa shape index (κ3) is 1.15. The second-order valence-electron chi connectivity index (χ2n) is 2.80. The molecule has 72 valence electrons. The Morgan fingerprint density at radius 3 is 2.36 bits per heavy atom. The zero-order valence-corrected chi connectivity index (χ0v) is 7.29. The zero-order valence-electron chi connectivity index (χ0n) is 7.29. The van der Waals surface area contributed by atoms with Crippen molar-refractivity contribution in [3.05, 3.63) is 26.5 Å². The van der Waals surface area contributed by atoms with Gasteiger partial charge < -0.3 is 10.7 Å². The Kier molecular flexibility index (Phi) is 1.60. The molecule has 0 amide bonds. The molecule has 14 heavy (non-hydrogen) atoms. The highest BCUT2D eigenvalue weighted by atomic mass is 16.1. The van der Waals surface area contributed by atoms with Crippen molar-refractivity contribution in [1.29, 1.82) is 0 Å². The van der Waals surface area contributed by atoms with E-state index >= 15 is 0 Å². The number of nitrogens with one attached hydrogen (secondary N) is 2. The number of nitrogens with two attached hydrogens (primary N) is 1. The second-order valence-corrected chi connectivity index (χ2v) is 2.80. The molecule has 0 spiro atoms. The van der Waals surface area contributed by atoms with E-state index in [1.54, 1.807) is 6.92 Å². The van der Waals surface area contributed by atoms with Gasteiger partial charge in [-0.05, 0) is 6.92 Å². The van der Waals surface area contributed by atoms with Crippen LogP contribution in [0.3, 0.4) is 0 Å². The van der Waals surface area contributed by atoms with Crippen molar-refractivity contribution >= 4 is 17.0 Å². The van der Waals surface area contributed by atoms with Crippen LogP contribution in [0, 0.1) is 6.92 Å². The van der Waals surface area contributed by atoms with Gasteiger partial charge in [-0.2, -0.15) is 0 Å². The van der Waals surface area contributed by atoms with Crippen molar-refractivity contribution in [2.45, 2.75) is 6.92 Å². The summed E-state index contributed by atoms with van der Waals surface area (Å²) in [5, 5.41) is 0. The Hall–Kier alpha value is -2.18. The minimum absolute atomic E-state index is 0.000417. The van der Waals surface area contributed by atoms with Crippen LogP contribution in [-0.2, 0) is 0 Å². The van der Waals surface area contributed by atoms with E-state index in [9.17, 15) is 9.59 Å². The highest BCUT2D eigenvalue weighted by Crippen LogP contribution is 1.97. The zero-order chi connectivity index (χ0) is 10.3. The van der Waals surface area contributed by atoms with E-state index < -0.39 is 11.1 Å². The van der Waals surface area contributed by atoms with Gasteiger partial charge >= 0.3 is 0 Å². The van der Waals surface area contributed by atoms with Crippen LogP contribution < -0.4 is 16.9 Å². The molecule has 0 aliphatic rings. The second kappa shape index (κ2) is 2.66. The standard InChI is InChI=1S/C7H7N5O2/c1-2-9-3-4(5(13)10-2)11-7(8)12-6(3)14/h1H3,(H,9,10,13)(H3,8,11,12,14). The fourth-order valence-electron chi connectivity index (χ4n) is 1.17. The van der Waals surface area contributed by atoms with Crippen molar-refractivity contribution in [3.8, 4) is 0 Å². The van der Waals surface area contributed by atoms with E-state index in [1.807, 2.05) is 0 Å². The lowest BCUT2D eigenvalue weighted by atomic mass is 10.4. The molecule has 2 aromatic rings. The largest absolute Gasteiger partial charge is 0.369 e. The summed E-state index contributed by atoms with van der Waals surface area (Å²) in [6.07, 6.45) is 0. The van der Waals surface area contributed by atoms with Crippen LogP contribution in [0.5, 0.6) is 0 Å². The molecular formula is C7H7N5O2. The Bertz CT molecular complexity index is 556. The Morgan fingerprint density at radius 1 is 1.07 bits per heavy atom. The fraction of sp³-hybridized carbons (Fsp3) is 0.143. The van der Waals surface area contributed by atoms with Gasteiger partial charge in [0.05, 0.1) is 0 Å². The molecule has 7 heteroatoms. The van der Waals surface area contributed by atoms with E-state index in [0.29, 0.717) is 5.82 Å². The van der Waals surface area contributed by atoms with Gasteiger partial charge in [0.1, 0.15) is 5.82 Å². The third-order valence-corrected chi connectivity index (χ3v) is 1.70. The predicted molar refractivity (Wildman–Crippen MR) is 49.9 cm³/mol. The lowest BCUT2D eigenvalue weighted by molar-refractivity contribution is 1.03. The average Bonchev–Trinajstić information content (AvgIpc) is 2.07. The van der Waals surface area contributed by atoms with E-state index in [4.69, 9.17) is 5.73 Å². The number of aromatic nitrogens is 4. The third-order valence-electron chi connectivity index (χ3n) is 1.70. The van der Waals surface area contributed by atoms with Crippen molar-refractivity contribution in [2.75, 3.05) is 5.73 Å². The van der Waals surface area contributed by atoms with Crippen molar-refractivity contribution < 1.29 is 0 Å². The summed E-state index contributed by atoms with van der Waals surface area (Å²) in [6, 6.07) is 0. The number of hydrogen-bond acceptors (Lipinski definition) is 5. The first kappa shape index (κ1) is 8.42. The minimum Gasteiger partial charge on any atom is -0.369 e. The fourth-order valence-corrected chi connectivity index (χ4v) is 1.17. The van der Waals surface area contributed by atoms with Gasteiger partial charge in [-0.1, -0.05) is 0 Å². The molecule has 2 rings (SSSR count). The van der Waals surface area contributed by atoms with Crippen LogP contribution in [0.2, 0.25) is 0 Å². The van der Waals surface area contributed by atoms with Crippen LogP contribution in [0.25, 0.3) is 11.0 Å². The van der Waals surface area contributed by atoms with Gasteiger partial charge in [-0.25, -0.2) is 9.97 Å². The van der Waals surface area contributed by atoms with Crippen LogP contribution in [0.15, 0.2) is 9.59 Å². The summed E-state index contributed by atoms with van der Waals surface area (Å²) in [7, 11) is 0. The Labute approximate surface area is 77.0 Å². The molecule has 2 aromatic heterocycles. The summed E-state index contributed by atoms with van der Waals surface area (Å²) in [5.74, 6) is 0.262. The molecule has 0 bridgehead atoms. The van der Waals surface area contributed by atoms with Crippen LogP contribution in [0.4, 0.5) is 5.95 Å². The van der Waals surface area contributed by atoms with Gasteiger partial charge in [0.2, 0.25) is 5.95 Å². The maximum absolute atomic E-state index is 11.3. The summed E-state index contributed by atoms with van der Waals surface area (Å²) in [4.78, 5) is 34.9. The van der Waals surface area contributed by atoms with E-state index in [-0.39, 0.29) is 17.0 Å². The molecule has 0 aromatic carbocycles. The molecule has 0 saturated carbocycles. The molecule has 0 fully saturated rings. The summed E-state index contributed by atoms with van der Waals surface area (Å²) >= 11 is 0. The number of nitrogen functional groups attached to an aromatic ring is 1. The molecule has 7 nitrogen and oxygen atoms in total. The van der Waals surface area contributed by atoms with Crippen LogP contribution in [0.1, 0.15) is 5.82 Å². The summed E-state index contributed by atoms with van der Waals surface area (Å²) < 4.78 is 0. The average molecular weight is 193 g/mol. The van der Waals surface area contributed by atoms with Crippen molar-refractivity contribution in [2.24, 2.45) is 0 Å². The maximum Gasteiger partial charge on any atom is 0.279 e. The molecule has 0 aliphatic heterocycles. The number of aryl methyl sites for hydroxylation is 1. The Balaban J connectivity index is 3.10. The van der Waals surface area contributed by atoms with Gasteiger partial charge in [-0.15, -0.1) is 0 Å². The van der Waals surface area contributed by atoms with Gasteiger partial charge in [-0.3, -0.25) is 14.6 Å². The molecule has 2 heterocycles. The number of nitrogens with zero attached hydrogens (tertiary/aromatic N) is 2. The molecule has 0 unspecified atom stereocenters. The number of aromatic amines is 2. The van der Waals surface area contributed by atoms with E-state index in [0.717, 1.165) is 0 Å². The number of anilines is 1. The van der Waals surface area contributed by atoms with Crippen LogP contribution in [-0.4, -0.2) is 19.9 Å². The quantitative estimate of drug-likeness (QED) is 0.490. The Morgan fingerprint density at radius 2 is 1.64 bits per heavy atom. The minimum atomic E-state index is -0.512. The summed E-state index contributed by atoms with van der Waals surface area (Å²) in [5.41, 5.74) is 4.26. The monoisotopic (exact) mass is 193 g/mol.